The van der Waals surface area contributed by atoms with Crippen molar-refractivity contribution in [1.29, 1.82) is 0 Å². The van der Waals surface area contributed by atoms with Crippen LogP contribution in [0.2, 0.25) is 0 Å². The summed E-state index contributed by atoms with van der Waals surface area (Å²) in [6, 6.07) is 0. The molecule has 0 heterocycles. The minimum absolute atomic E-state index is 0.835. The van der Waals surface area contributed by atoms with Gasteiger partial charge < -0.3 is 0 Å². The molecular weight excluding hydrogens is 161 g/mol. The fourth-order valence-corrected chi connectivity index (χ4v) is 0.334. The second kappa shape index (κ2) is 3.14. The van der Waals surface area contributed by atoms with Gasteiger partial charge in [0.05, 0.1) is 7.11 Å². The Kier molecular flexibility index (Phi) is 3.09. The molecule has 0 aliphatic heterocycles. The maximum atomic E-state index is 11.0. The Balaban J connectivity index is 3.60. The van der Waals surface area contributed by atoms with Gasteiger partial charge in [0.15, 0.2) is 0 Å². The predicted octanol–water partition coefficient (Wildman–Crippen LogP) is 0.748. The summed E-state index contributed by atoms with van der Waals surface area (Å²) in [5.74, 6) is 0. The first-order valence-corrected chi connectivity index (χ1v) is 2.68. The maximum absolute atomic E-state index is 11.0. The molecule has 0 aliphatic rings. The third kappa shape index (κ3) is 5.74. The summed E-state index contributed by atoms with van der Waals surface area (Å²) in [6.45, 7) is 0. The van der Waals surface area contributed by atoms with E-state index in [1.807, 2.05) is 0 Å². The lowest BCUT2D eigenvalue weighted by atomic mass is 11.4. The Morgan fingerprint density at radius 2 is 1.89 bits per heavy atom. The van der Waals surface area contributed by atoms with Crippen LogP contribution in [0.3, 0.4) is 0 Å². The van der Waals surface area contributed by atoms with Gasteiger partial charge >= 0.3 is 17.7 Å². The standard InChI is InChI=1S/C2H3F3O3S/c1-7-9(6)8-2(3,4)5/h1H3. The largest absolute Gasteiger partial charge is 0.537 e. The first-order valence-electron chi connectivity index (χ1n) is 1.68. The van der Waals surface area contributed by atoms with Crippen LogP contribution >= 0.6 is 0 Å². The highest BCUT2D eigenvalue weighted by atomic mass is 32.2. The molecule has 9 heavy (non-hydrogen) atoms. The Hall–Kier alpha value is -0.140. The third-order valence-electron chi connectivity index (χ3n) is 0.299. The number of halogens is 3. The van der Waals surface area contributed by atoms with E-state index in [1.54, 1.807) is 0 Å². The van der Waals surface area contributed by atoms with E-state index in [0.717, 1.165) is 7.11 Å². The van der Waals surface area contributed by atoms with Crippen molar-refractivity contribution >= 4 is 11.4 Å². The molecule has 3 nitrogen and oxygen atoms in total. The second-order valence-electron chi connectivity index (χ2n) is 0.900. The second-order valence-corrected chi connectivity index (χ2v) is 1.81. The molecule has 0 saturated carbocycles. The van der Waals surface area contributed by atoms with Gasteiger partial charge in [-0.25, -0.2) is 0 Å². The van der Waals surface area contributed by atoms with Gasteiger partial charge in [-0.1, -0.05) is 0 Å². The number of rotatable bonds is 2. The highest BCUT2D eigenvalue weighted by Crippen LogP contribution is 2.17. The molecule has 0 radical (unpaired) electrons. The lowest BCUT2D eigenvalue weighted by Gasteiger charge is -2.01. The zero-order valence-electron chi connectivity index (χ0n) is 4.27. The first kappa shape index (κ1) is 8.86. The molecular formula is C2H3F3O3S. The highest BCUT2D eigenvalue weighted by molar-refractivity contribution is 7.75. The van der Waals surface area contributed by atoms with E-state index in [4.69, 9.17) is 0 Å². The Morgan fingerprint density at radius 1 is 1.44 bits per heavy atom. The predicted molar refractivity (Wildman–Crippen MR) is 22.3 cm³/mol. The van der Waals surface area contributed by atoms with Crippen LogP contribution in [-0.4, -0.2) is 17.7 Å². The van der Waals surface area contributed by atoms with Crippen LogP contribution in [0.25, 0.3) is 0 Å². The van der Waals surface area contributed by atoms with Gasteiger partial charge in [0.2, 0.25) is 0 Å². The van der Waals surface area contributed by atoms with Crippen molar-refractivity contribution in [2.75, 3.05) is 7.11 Å². The minimum atomic E-state index is -4.90. The summed E-state index contributed by atoms with van der Waals surface area (Å²) < 4.78 is 49.3. The third-order valence-corrected chi connectivity index (χ3v) is 0.896. The Labute approximate surface area is 51.6 Å². The molecule has 0 bridgehead atoms. The van der Waals surface area contributed by atoms with Crippen LogP contribution in [0.4, 0.5) is 13.2 Å². The number of alkyl halides is 3. The zero-order chi connectivity index (χ0) is 7.49. The molecule has 0 aromatic rings. The summed E-state index contributed by atoms with van der Waals surface area (Å²) in [6.07, 6.45) is -4.90. The van der Waals surface area contributed by atoms with E-state index in [2.05, 4.69) is 8.37 Å². The molecule has 0 spiro atoms. The number of hydrogen-bond donors (Lipinski definition) is 0. The van der Waals surface area contributed by atoms with E-state index in [-0.39, 0.29) is 0 Å². The van der Waals surface area contributed by atoms with Crippen molar-refractivity contribution in [2.24, 2.45) is 0 Å². The molecule has 0 fully saturated rings. The molecule has 1 atom stereocenters. The fraction of sp³-hybridized carbons (Fsp3) is 1.00. The van der Waals surface area contributed by atoms with Crippen molar-refractivity contribution in [2.45, 2.75) is 6.36 Å². The average molecular weight is 164 g/mol. The molecule has 56 valence electrons. The van der Waals surface area contributed by atoms with Crippen LogP contribution in [0, 0.1) is 0 Å². The van der Waals surface area contributed by atoms with Crippen LogP contribution in [0.5, 0.6) is 0 Å². The zero-order valence-corrected chi connectivity index (χ0v) is 5.08. The van der Waals surface area contributed by atoms with Gasteiger partial charge in [0.25, 0.3) is 0 Å². The van der Waals surface area contributed by atoms with Gasteiger partial charge in [-0.3, -0.25) is 4.18 Å². The quantitative estimate of drug-likeness (QED) is 0.604. The summed E-state index contributed by atoms with van der Waals surface area (Å²) in [4.78, 5) is 0. The Morgan fingerprint density at radius 3 is 2.00 bits per heavy atom. The molecule has 0 amide bonds. The van der Waals surface area contributed by atoms with Gasteiger partial charge in [-0.15, -0.1) is 13.2 Å². The van der Waals surface area contributed by atoms with Crippen molar-refractivity contribution in [1.82, 2.24) is 0 Å². The van der Waals surface area contributed by atoms with E-state index >= 15 is 0 Å². The van der Waals surface area contributed by atoms with Gasteiger partial charge in [0, 0.05) is 0 Å². The van der Waals surface area contributed by atoms with Crippen molar-refractivity contribution in [3.05, 3.63) is 0 Å². The molecule has 0 aromatic heterocycles. The monoisotopic (exact) mass is 164 g/mol. The van der Waals surface area contributed by atoms with Crippen LogP contribution in [-0.2, 0) is 19.7 Å². The number of hydrogen-bond acceptors (Lipinski definition) is 3. The van der Waals surface area contributed by atoms with Crippen molar-refractivity contribution in [3.63, 3.8) is 0 Å². The van der Waals surface area contributed by atoms with Crippen LogP contribution < -0.4 is 0 Å². The lowest BCUT2D eigenvalue weighted by Crippen LogP contribution is -2.15. The van der Waals surface area contributed by atoms with Gasteiger partial charge in [-0.2, -0.15) is 8.39 Å². The summed E-state index contributed by atoms with van der Waals surface area (Å²) in [7, 11) is 0.835. The van der Waals surface area contributed by atoms with Crippen molar-refractivity contribution < 1.29 is 25.7 Å². The molecule has 0 rings (SSSR count). The molecule has 0 N–H and O–H groups in total. The molecule has 7 heteroatoms. The van der Waals surface area contributed by atoms with E-state index < -0.39 is 17.7 Å². The topological polar surface area (TPSA) is 35.5 Å². The maximum Gasteiger partial charge on any atom is 0.537 e. The molecule has 1 unspecified atom stereocenters. The molecule has 0 aliphatic carbocycles. The molecule has 0 aromatic carbocycles. The smallest absolute Gasteiger partial charge is 0.272 e. The fourth-order valence-electron chi connectivity index (χ4n) is 0.111. The van der Waals surface area contributed by atoms with E-state index in [1.165, 1.54) is 0 Å². The van der Waals surface area contributed by atoms with Crippen LogP contribution in [0.1, 0.15) is 0 Å². The lowest BCUT2D eigenvalue weighted by molar-refractivity contribution is -0.272. The first-order chi connectivity index (χ1) is 3.95. The average Bonchev–Trinajstić information content (AvgIpc) is 1.62. The van der Waals surface area contributed by atoms with Crippen LogP contribution in [0.15, 0.2) is 0 Å². The van der Waals surface area contributed by atoms with E-state index in [0.29, 0.717) is 0 Å². The SMILES string of the molecule is COS(=O)OC(F)(F)F. The Bertz CT molecular complexity index is 110. The van der Waals surface area contributed by atoms with Gasteiger partial charge in [-0.05, 0) is 0 Å². The summed E-state index contributed by atoms with van der Waals surface area (Å²) in [5, 5.41) is 0. The highest BCUT2D eigenvalue weighted by Gasteiger charge is 2.33. The van der Waals surface area contributed by atoms with E-state index in [9.17, 15) is 17.4 Å². The van der Waals surface area contributed by atoms with Gasteiger partial charge in [0.1, 0.15) is 0 Å². The normalized spacial score (nSPS) is 15.6. The van der Waals surface area contributed by atoms with Crippen molar-refractivity contribution in [3.8, 4) is 0 Å². The molecule has 0 saturated heterocycles. The summed E-state index contributed by atoms with van der Waals surface area (Å²) >= 11 is -2.72. The summed E-state index contributed by atoms with van der Waals surface area (Å²) in [5.41, 5.74) is 0. The minimum Gasteiger partial charge on any atom is -0.272 e.